The van der Waals surface area contributed by atoms with E-state index >= 15 is 0 Å². The molecule has 0 radical (unpaired) electrons. The number of carbonyl (C=O) groups excluding carboxylic acids is 1. The third-order valence-corrected chi connectivity index (χ3v) is 9.62. The highest BCUT2D eigenvalue weighted by atomic mass is 35.5. The third-order valence-electron chi connectivity index (χ3n) is 8.95. The zero-order valence-electron chi connectivity index (χ0n) is 20.9. The second kappa shape index (κ2) is 10.6. The molecule has 4 aliphatic heterocycles. The van der Waals surface area contributed by atoms with Gasteiger partial charge in [0, 0.05) is 51.7 Å². The smallest absolute Gasteiger partial charge is 0.332 e. The quantitative estimate of drug-likeness (QED) is 0.361. The molecule has 5 fully saturated rings. The lowest BCUT2D eigenvalue weighted by Crippen LogP contribution is -2.70. The van der Waals surface area contributed by atoms with Gasteiger partial charge >= 0.3 is 6.18 Å². The zero-order chi connectivity index (χ0) is 25.8. The topological polar surface area (TPSA) is 66.1 Å². The van der Waals surface area contributed by atoms with Gasteiger partial charge in [-0.15, -0.1) is 23.2 Å². The van der Waals surface area contributed by atoms with Crippen LogP contribution in [0.15, 0.2) is 0 Å². The molecule has 0 spiro atoms. The number of likely N-dealkylation sites (N-methyl/N-ethyl adjacent to an activating group) is 1. The van der Waals surface area contributed by atoms with E-state index in [0.29, 0.717) is 44.3 Å². The largest absolute Gasteiger partial charge is 0.409 e. The van der Waals surface area contributed by atoms with Gasteiger partial charge in [-0.3, -0.25) is 15.0 Å². The van der Waals surface area contributed by atoms with Crippen molar-refractivity contribution in [1.29, 1.82) is 0 Å². The van der Waals surface area contributed by atoms with Gasteiger partial charge in [0.05, 0.1) is 17.0 Å². The maximum atomic E-state index is 14.3. The van der Waals surface area contributed by atoms with E-state index in [2.05, 4.69) is 26.1 Å². The Balaban J connectivity index is 1.23. The molecule has 4 heterocycles. The molecule has 0 bridgehead atoms. The summed E-state index contributed by atoms with van der Waals surface area (Å²) in [5.41, 5.74) is 6.23. The third kappa shape index (κ3) is 5.23. The van der Waals surface area contributed by atoms with Crippen molar-refractivity contribution in [3.05, 3.63) is 0 Å². The predicted molar refractivity (Wildman–Crippen MR) is 132 cm³/mol. The van der Waals surface area contributed by atoms with E-state index in [9.17, 15) is 18.0 Å². The van der Waals surface area contributed by atoms with Gasteiger partial charge in [0.15, 0.2) is 0 Å². The molecule has 7 atom stereocenters. The monoisotopic (exact) mass is 555 g/mol. The summed E-state index contributed by atoms with van der Waals surface area (Å²) < 4.78 is 42.9. The first-order chi connectivity index (χ1) is 17.0. The van der Waals surface area contributed by atoms with Crippen LogP contribution in [-0.4, -0.2) is 113 Å². The maximum absolute atomic E-state index is 14.3. The summed E-state index contributed by atoms with van der Waals surface area (Å²) in [6, 6.07) is -1.71. The molecule has 5 rings (SSSR count). The van der Waals surface area contributed by atoms with E-state index in [1.54, 1.807) is 12.1 Å². The van der Waals surface area contributed by atoms with Crippen LogP contribution < -0.4 is 16.2 Å². The fourth-order valence-corrected chi connectivity index (χ4v) is 7.98. The van der Waals surface area contributed by atoms with Crippen molar-refractivity contribution in [1.82, 2.24) is 36.0 Å². The molecule has 6 unspecified atom stereocenters. The van der Waals surface area contributed by atoms with Gasteiger partial charge in [0.1, 0.15) is 12.1 Å². The number of amides is 1. The molecule has 3 N–H and O–H groups in total. The number of piperidine rings is 1. The van der Waals surface area contributed by atoms with Crippen molar-refractivity contribution < 1.29 is 18.0 Å². The summed E-state index contributed by atoms with van der Waals surface area (Å²) in [6.45, 7) is 2.25. The van der Waals surface area contributed by atoms with E-state index in [0.717, 1.165) is 37.3 Å². The van der Waals surface area contributed by atoms with Gasteiger partial charge in [0.2, 0.25) is 5.91 Å². The molecule has 0 aromatic carbocycles. The van der Waals surface area contributed by atoms with Gasteiger partial charge in [-0.2, -0.15) is 13.2 Å². The lowest BCUT2D eigenvalue weighted by Gasteiger charge is -2.53. The first kappa shape index (κ1) is 27.2. The minimum absolute atomic E-state index is 0.0695. The van der Waals surface area contributed by atoms with Crippen molar-refractivity contribution in [3.8, 4) is 0 Å². The van der Waals surface area contributed by atoms with Gasteiger partial charge in [-0.25, -0.2) is 20.9 Å². The molecule has 1 aliphatic carbocycles. The molecule has 0 aromatic rings. The number of carbonyl (C=O) groups is 1. The van der Waals surface area contributed by atoms with Crippen LogP contribution in [0.2, 0.25) is 0 Å². The fraction of sp³-hybridized carbons (Fsp3) is 0.957. The summed E-state index contributed by atoms with van der Waals surface area (Å²) in [6.07, 6.45) is 1.09. The highest BCUT2D eigenvalue weighted by Crippen LogP contribution is 2.41. The summed E-state index contributed by atoms with van der Waals surface area (Å²) in [4.78, 5) is 16.5. The van der Waals surface area contributed by atoms with Crippen LogP contribution in [0.1, 0.15) is 44.9 Å². The lowest BCUT2D eigenvalue weighted by molar-refractivity contribution is -0.202. The predicted octanol–water partition coefficient (Wildman–Crippen LogP) is 1.90. The first-order valence-corrected chi connectivity index (χ1v) is 14.0. The van der Waals surface area contributed by atoms with E-state index < -0.39 is 35.5 Å². The number of halogens is 5. The average molecular weight is 557 g/mol. The fourth-order valence-electron chi connectivity index (χ4n) is 7.33. The number of hydrogen-bond acceptors (Lipinski definition) is 7. The lowest BCUT2D eigenvalue weighted by atomic mass is 9.78. The normalized spacial score (nSPS) is 41.6. The summed E-state index contributed by atoms with van der Waals surface area (Å²) in [5, 5.41) is 6.98. The molecule has 36 heavy (non-hydrogen) atoms. The Bertz CT molecular complexity index is 802. The van der Waals surface area contributed by atoms with Crippen LogP contribution in [0.5, 0.6) is 0 Å². The molecule has 206 valence electrons. The molecule has 0 aromatic heterocycles. The molecule has 4 saturated heterocycles. The Hall–Kier alpha value is -0.400. The van der Waals surface area contributed by atoms with E-state index in [1.165, 1.54) is 7.05 Å². The van der Waals surface area contributed by atoms with Crippen molar-refractivity contribution in [3.63, 3.8) is 0 Å². The second-order valence-electron chi connectivity index (χ2n) is 11.2. The minimum atomic E-state index is -4.49. The van der Waals surface area contributed by atoms with Crippen molar-refractivity contribution in [2.75, 3.05) is 33.7 Å². The molecule has 1 saturated carbocycles. The highest BCUT2D eigenvalue weighted by Gasteiger charge is 2.52. The number of hydrazine groups is 2. The van der Waals surface area contributed by atoms with Crippen LogP contribution >= 0.6 is 23.2 Å². The average Bonchev–Trinajstić information content (AvgIpc) is 3.38. The van der Waals surface area contributed by atoms with Gasteiger partial charge in [0.25, 0.3) is 0 Å². The number of rotatable bonds is 4. The molecule has 5 aliphatic rings. The Morgan fingerprint density at radius 3 is 2.44 bits per heavy atom. The van der Waals surface area contributed by atoms with Gasteiger partial charge in [-0.1, -0.05) is 0 Å². The minimum Gasteiger partial charge on any atom is -0.332 e. The number of nitrogens with zero attached hydrogens (tertiary/aromatic N) is 4. The Labute approximate surface area is 221 Å². The van der Waals surface area contributed by atoms with Crippen molar-refractivity contribution in [2.24, 2.45) is 5.92 Å². The summed E-state index contributed by atoms with van der Waals surface area (Å²) >= 11 is 12.6. The Morgan fingerprint density at radius 1 is 1.08 bits per heavy atom. The standard InChI is InChI=1S/C23H38Cl2F3N7O/c1-32-12-15(24)20(31-32)22(36)33(2)21(23(26,27)28)13-5-7-14(8-6-13)34-9-3-4-16-17(34)11-29-19-10-18(25)30-35(16)19/h13-21,29-31H,3-12H2,1-2H3/t13?,14?,15?,16?,17?,18?,19?,20?,21-/m0/s1. The van der Waals surface area contributed by atoms with E-state index in [4.69, 9.17) is 23.2 Å². The van der Waals surface area contributed by atoms with Crippen molar-refractivity contribution in [2.45, 2.75) is 98.4 Å². The number of nitrogens with one attached hydrogen (secondary N) is 3. The van der Waals surface area contributed by atoms with Crippen LogP contribution in [0.25, 0.3) is 0 Å². The van der Waals surface area contributed by atoms with Crippen LogP contribution in [0.4, 0.5) is 13.2 Å². The number of alkyl halides is 5. The maximum Gasteiger partial charge on any atom is 0.409 e. The van der Waals surface area contributed by atoms with Crippen LogP contribution in [0, 0.1) is 5.92 Å². The Morgan fingerprint density at radius 2 is 1.81 bits per heavy atom. The molecular weight excluding hydrogens is 518 g/mol. The van der Waals surface area contributed by atoms with E-state index in [1.807, 2.05) is 0 Å². The molecule has 13 heteroatoms. The molecule has 1 amide bonds. The molecular formula is C23H38Cl2F3N7O. The summed E-state index contributed by atoms with van der Waals surface area (Å²) in [7, 11) is 3.01. The highest BCUT2D eigenvalue weighted by molar-refractivity contribution is 6.23. The summed E-state index contributed by atoms with van der Waals surface area (Å²) in [5.74, 6) is -1.21. The van der Waals surface area contributed by atoms with Crippen LogP contribution in [-0.2, 0) is 4.79 Å². The second-order valence-corrected chi connectivity index (χ2v) is 12.3. The molecule has 8 nitrogen and oxygen atoms in total. The SMILES string of the molecule is CN1CC(Cl)C(C(=O)N(C)[C@@H](C2CCC(N3CCCC4C3CNC3CC(Cl)NN34)CC2)C(F)(F)F)N1. The van der Waals surface area contributed by atoms with Gasteiger partial charge < -0.3 is 4.90 Å². The van der Waals surface area contributed by atoms with Gasteiger partial charge in [-0.05, 0) is 51.0 Å². The Kier molecular flexibility index (Phi) is 8.03. The van der Waals surface area contributed by atoms with Crippen LogP contribution in [0.3, 0.4) is 0 Å². The van der Waals surface area contributed by atoms with E-state index in [-0.39, 0.29) is 17.7 Å². The number of likely N-dealkylation sites (tertiary alicyclic amines) is 1. The van der Waals surface area contributed by atoms with Crippen molar-refractivity contribution >= 4 is 29.1 Å². The number of hydrogen-bond donors (Lipinski definition) is 3. The number of fused-ring (bicyclic) bond motifs is 3. The zero-order valence-corrected chi connectivity index (χ0v) is 22.4. The first-order valence-electron chi connectivity index (χ1n) is 13.2.